The van der Waals surface area contributed by atoms with Crippen molar-refractivity contribution in [1.82, 2.24) is 15.5 Å². The van der Waals surface area contributed by atoms with Gasteiger partial charge in [0.05, 0.1) is 0 Å². The van der Waals surface area contributed by atoms with Gasteiger partial charge in [0, 0.05) is 29.9 Å². The molecule has 1 amide bonds. The number of carbonyl (C=O) groups excluding carboxylic acids is 1. The van der Waals surface area contributed by atoms with Crippen LogP contribution in [0.1, 0.15) is 31.7 Å². The number of aryl methyl sites for hydroxylation is 1. The molecule has 1 saturated heterocycles. The van der Waals surface area contributed by atoms with E-state index in [-0.39, 0.29) is 23.7 Å². The summed E-state index contributed by atoms with van der Waals surface area (Å²) >= 11 is 1.38. The minimum atomic E-state index is -0.262. The van der Waals surface area contributed by atoms with Gasteiger partial charge in [-0.15, -0.1) is 10.2 Å². The lowest BCUT2D eigenvalue weighted by atomic mass is 9.95. The summed E-state index contributed by atoms with van der Waals surface area (Å²) in [5, 5.41) is 12.6. The van der Waals surface area contributed by atoms with Crippen LogP contribution in [0.25, 0.3) is 0 Å². The average Bonchev–Trinajstić information content (AvgIpc) is 2.84. The summed E-state index contributed by atoms with van der Waals surface area (Å²) in [6, 6.07) is 20.8. The zero-order valence-corrected chi connectivity index (χ0v) is 19.6. The van der Waals surface area contributed by atoms with Gasteiger partial charge >= 0.3 is 0 Å². The molecule has 0 radical (unpaired) electrons. The SMILES string of the molecule is CC(CCc1ccccc1)NC(=O)C1CCN(c2ccc(Sc3cccc(F)c3)nn2)CC1. The lowest BCUT2D eigenvalue weighted by Gasteiger charge is -2.32. The molecule has 0 saturated carbocycles. The summed E-state index contributed by atoms with van der Waals surface area (Å²) in [5.41, 5.74) is 1.30. The monoisotopic (exact) mass is 464 g/mol. The molecule has 1 aromatic heterocycles. The van der Waals surface area contributed by atoms with Crippen molar-refractivity contribution in [2.75, 3.05) is 18.0 Å². The molecule has 2 aromatic carbocycles. The van der Waals surface area contributed by atoms with E-state index in [4.69, 9.17) is 0 Å². The molecule has 0 aliphatic carbocycles. The molecular formula is C26H29FN4OS. The van der Waals surface area contributed by atoms with Crippen molar-refractivity contribution < 1.29 is 9.18 Å². The van der Waals surface area contributed by atoms with Crippen LogP contribution in [0.3, 0.4) is 0 Å². The van der Waals surface area contributed by atoms with E-state index >= 15 is 0 Å². The predicted molar refractivity (Wildman–Crippen MR) is 130 cm³/mol. The number of rotatable bonds is 8. The first-order valence-corrected chi connectivity index (χ1v) is 12.2. The van der Waals surface area contributed by atoms with Crippen molar-refractivity contribution in [2.24, 2.45) is 5.92 Å². The van der Waals surface area contributed by atoms with Crippen molar-refractivity contribution in [3.8, 4) is 0 Å². The van der Waals surface area contributed by atoms with Gasteiger partial charge < -0.3 is 10.2 Å². The largest absolute Gasteiger partial charge is 0.355 e. The maximum Gasteiger partial charge on any atom is 0.223 e. The van der Waals surface area contributed by atoms with Crippen LogP contribution in [0.5, 0.6) is 0 Å². The predicted octanol–water partition coefficient (Wildman–Crippen LogP) is 5.12. The van der Waals surface area contributed by atoms with Crippen LogP contribution in [0.15, 0.2) is 76.7 Å². The standard InChI is InChI=1S/C26H29FN4OS/c1-19(10-11-20-6-3-2-4-7-20)28-26(32)21-14-16-31(17-15-21)24-12-13-25(30-29-24)33-23-9-5-8-22(27)18-23/h2-9,12-13,18-19,21H,10-11,14-17H2,1H3,(H,28,32). The number of nitrogens with zero attached hydrogens (tertiary/aromatic N) is 3. The number of halogens is 1. The van der Waals surface area contributed by atoms with Crippen LogP contribution in [-0.4, -0.2) is 35.2 Å². The Morgan fingerprint density at radius 2 is 1.88 bits per heavy atom. The first kappa shape index (κ1) is 23.2. The number of hydrogen-bond donors (Lipinski definition) is 1. The van der Waals surface area contributed by atoms with Gasteiger partial charge in [0.25, 0.3) is 0 Å². The lowest BCUT2D eigenvalue weighted by molar-refractivity contribution is -0.126. The van der Waals surface area contributed by atoms with E-state index in [0.717, 1.165) is 54.5 Å². The molecule has 172 valence electrons. The minimum absolute atomic E-state index is 0.0381. The van der Waals surface area contributed by atoms with Crippen molar-refractivity contribution >= 4 is 23.5 Å². The van der Waals surface area contributed by atoms with Gasteiger partial charge in [0.15, 0.2) is 5.82 Å². The van der Waals surface area contributed by atoms with Gasteiger partial charge in [-0.2, -0.15) is 0 Å². The molecule has 33 heavy (non-hydrogen) atoms. The molecule has 1 aliphatic heterocycles. The smallest absolute Gasteiger partial charge is 0.223 e. The number of hydrogen-bond acceptors (Lipinski definition) is 5. The molecule has 7 heteroatoms. The van der Waals surface area contributed by atoms with Gasteiger partial charge in [-0.1, -0.05) is 48.2 Å². The molecule has 1 aliphatic rings. The van der Waals surface area contributed by atoms with E-state index < -0.39 is 0 Å². The minimum Gasteiger partial charge on any atom is -0.355 e. The van der Waals surface area contributed by atoms with Crippen molar-refractivity contribution in [3.63, 3.8) is 0 Å². The highest BCUT2D eigenvalue weighted by molar-refractivity contribution is 7.99. The van der Waals surface area contributed by atoms with E-state index in [1.165, 1.54) is 29.5 Å². The summed E-state index contributed by atoms with van der Waals surface area (Å²) in [5.74, 6) is 0.745. The Kier molecular flexibility index (Phi) is 7.94. The Morgan fingerprint density at radius 1 is 1.09 bits per heavy atom. The zero-order chi connectivity index (χ0) is 23.0. The average molecular weight is 465 g/mol. The van der Waals surface area contributed by atoms with Crippen LogP contribution in [0, 0.1) is 11.7 Å². The molecule has 1 atom stereocenters. The normalized spacial score (nSPS) is 15.3. The van der Waals surface area contributed by atoms with Gasteiger partial charge in [-0.3, -0.25) is 4.79 Å². The molecule has 2 heterocycles. The fourth-order valence-corrected chi connectivity index (χ4v) is 4.80. The highest BCUT2D eigenvalue weighted by Crippen LogP contribution is 2.28. The van der Waals surface area contributed by atoms with Crippen molar-refractivity contribution in [3.05, 3.63) is 78.1 Å². The fourth-order valence-electron chi connectivity index (χ4n) is 4.02. The summed E-state index contributed by atoms with van der Waals surface area (Å²) < 4.78 is 13.4. The second-order valence-electron chi connectivity index (χ2n) is 8.48. The van der Waals surface area contributed by atoms with Gasteiger partial charge in [0.1, 0.15) is 10.8 Å². The Balaban J connectivity index is 1.22. The summed E-state index contributed by atoms with van der Waals surface area (Å²) in [6.45, 7) is 3.64. The second-order valence-corrected chi connectivity index (χ2v) is 9.58. The molecule has 1 unspecified atom stereocenters. The molecule has 3 aromatic rings. The van der Waals surface area contributed by atoms with E-state index in [0.29, 0.717) is 0 Å². The Labute approximate surface area is 198 Å². The first-order valence-electron chi connectivity index (χ1n) is 11.4. The molecule has 4 rings (SSSR count). The number of anilines is 1. The van der Waals surface area contributed by atoms with Crippen LogP contribution in [0.4, 0.5) is 10.2 Å². The molecule has 0 bridgehead atoms. The highest BCUT2D eigenvalue weighted by atomic mass is 32.2. The summed E-state index contributed by atoms with van der Waals surface area (Å²) in [6.07, 6.45) is 3.51. The number of amides is 1. The van der Waals surface area contributed by atoms with Gasteiger partial charge in [-0.05, 0) is 68.5 Å². The topological polar surface area (TPSA) is 58.1 Å². The number of nitrogens with one attached hydrogen (secondary N) is 1. The Morgan fingerprint density at radius 3 is 2.58 bits per heavy atom. The van der Waals surface area contributed by atoms with E-state index in [9.17, 15) is 9.18 Å². The maximum absolute atomic E-state index is 13.4. The van der Waals surface area contributed by atoms with Crippen LogP contribution in [-0.2, 0) is 11.2 Å². The molecular weight excluding hydrogens is 435 g/mol. The summed E-state index contributed by atoms with van der Waals surface area (Å²) in [7, 11) is 0. The van der Waals surface area contributed by atoms with Crippen molar-refractivity contribution in [1.29, 1.82) is 0 Å². The van der Waals surface area contributed by atoms with Crippen LogP contribution in [0.2, 0.25) is 0 Å². The van der Waals surface area contributed by atoms with Gasteiger partial charge in [0.2, 0.25) is 5.91 Å². The molecule has 1 N–H and O–H groups in total. The van der Waals surface area contributed by atoms with E-state index in [1.807, 2.05) is 36.4 Å². The molecule has 0 spiro atoms. The number of carbonyl (C=O) groups is 1. The Hall–Kier alpha value is -2.93. The van der Waals surface area contributed by atoms with Crippen molar-refractivity contribution in [2.45, 2.75) is 48.6 Å². The second kappa shape index (κ2) is 11.3. The van der Waals surface area contributed by atoms with Gasteiger partial charge in [-0.25, -0.2) is 4.39 Å². The third-order valence-corrected chi connectivity index (χ3v) is 6.85. The number of aromatic nitrogens is 2. The fraction of sp³-hybridized carbons (Fsp3) is 0.346. The summed E-state index contributed by atoms with van der Waals surface area (Å²) in [4.78, 5) is 15.7. The third kappa shape index (κ3) is 6.78. The first-order chi connectivity index (χ1) is 16.1. The van der Waals surface area contributed by atoms with E-state index in [2.05, 4.69) is 39.5 Å². The van der Waals surface area contributed by atoms with Crippen LogP contribution < -0.4 is 10.2 Å². The quantitative estimate of drug-likeness (QED) is 0.501. The van der Waals surface area contributed by atoms with Crippen LogP contribution >= 0.6 is 11.8 Å². The zero-order valence-electron chi connectivity index (χ0n) is 18.8. The third-order valence-electron chi connectivity index (χ3n) is 5.93. The lowest BCUT2D eigenvalue weighted by Crippen LogP contribution is -2.43. The number of benzene rings is 2. The molecule has 5 nitrogen and oxygen atoms in total. The molecule has 1 fully saturated rings. The Bertz CT molecular complexity index is 1040. The maximum atomic E-state index is 13.4. The van der Waals surface area contributed by atoms with E-state index in [1.54, 1.807) is 6.07 Å². The highest BCUT2D eigenvalue weighted by Gasteiger charge is 2.26. The number of piperidine rings is 1.